The Morgan fingerprint density at radius 2 is 1.71 bits per heavy atom. The minimum Gasteiger partial charge on any atom is -0.495 e. The smallest absolute Gasteiger partial charge is 0.330 e. The molecule has 0 aliphatic carbocycles. The van der Waals surface area contributed by atoms with Crippen molar-refractivity contribution in [3.8, 4) is 5.75 Å². The van der Waals surface area contributed by atoms with E-state index in [9.17, 15) is 14.4 Å². The number of ether oxygens (including phenoxy) is 1. The summed E-state index contributed by atoms with van der Waals surface area (Å²) in [4.78, 5) is 44.4. The summed E-state index contributed by atoms with van der Waals surface area (Å²) >= 11 is 0. The second-order valence-electron chi connectivity index (χ2n) is 8.23. The number of barbiturate groups is 1. The molecule has 0 radical (unpaired) electrons. The van der Waals surface area contributed by atoms with Crippen LogP contribution in [0.25, 0.3) is 0 Å². The molecule has 2 aromatic rings. The molecule has 4 amide bonds. The molecule has 2 fully saturated rings. The van der Waals surface area contributed by atoms with Crippen LogP contribution in [0.15, 0.2) is 48.5 Å². The molecule has 2 aromatic carbocycles. The van der Waals surface area contributed by atoms with Gasteiger partial charge in [0.25, 0.3) is 0 Å². The normalized spacial score (nSPS) is 25.3. The molecule has 8 heteroatoms. The number of urea groups is 1. The lowest BCUT2D eigenvalue weighted by Crippen LogP contribution is -2.74. The van der Waals surface area contributed by atoms with Crippen molar-refractivity contribution in [1.82, 2.24) is 10.2 Å². The van der Waals surface area contributed by atoms with E-state index in [0.29, 0.717) is 19.6 Å². The lowest BCUT2D eigenvalue weighted by molar-refractivity contribution is -0.152. The number of rotatable bonds is 2. The van der Waals surface area contributed by atoms with E-state index in [1.807, 2.05) is 48.5 Å². The van der Waals surface area contributed by atoms with Crippen LogP contribution in [-0.2, 0) is 16.0 Å². The summed E-state index contributed by atoms with van der Waals surface area (Å²) in [5.74, 6) is -0.229. The number of hydrogen-bond donors (Lipinski definition) is 1. The summed E-state index contributed by atoms with van der Waals surface area (Å²) in [6, 6.07) is 14.5. The van der Waals surface area contributed by atoms with Gasteiger partial charge in [-0.3, -0.25) is 19.8 Å². The molecule has 160 valence electrons. The third-order valence-corrected chi connectivity index (χ3v) is 6.76. The van der Waals surface area contributed by atoms with Gasteiger partial charge in [-0.1, -0.05) is 30.3 Å². The molecule has 1 N–H and O–H groups in total. The van der Waals surface area contributed by atoms with Crippen LogP contribution in [0, 0.1) is 5.41 Å². The van der Waals surface area contributed by atoms with Crippen LogP contribution < -0.4 is 19.9 Å². The Morgan fingerprint density at radius 1 is 1.00 bits per heavy atom. The molecule has 0 unspecified atom stereocenters. The van der Waals surface area contributed by atoms with E-state index in [0.717, 1.165) is 27.6 Å². The SMILES string of the molecule is COc1ccccc1N1CCN2c3ccccc3C[C@]3(C(=O)NC(=O)N(C)C3=O)[C@@H]2C1. The number of nitrogens with zero attached hydrogens (tertiary/aromatic N) is 3. The number of benzene rings is 2. The molecule has 0 bridgehead atoms. The highest BCUT2D eigenvalue weighted by Gasteiger charge is 2.62. The van der Waals surface area contributed by atoms with E-state index in [2.05, 4.69) is 15.1 Å². The molecule has 3 heterocycles. The maximum Gasteiger partial charge on any atom is 0.330 e. The van der Waals surface area contributed by atoms with Crippen molar-refractivity contribution in [2.45, 2.75) is 12.5 Å². The highest BCUT2D eigenvalue weighted by atomic mass is 16.5. The number of carbonyl (C=O) groups is 3. The van der Waals surface area contributed by atoms with Gasteiger partial charge in [0.15, 0.2) is 5.41 Å². The van der Waals surface area contributed by atoms with Gasteiger partial charge in [-0.25, -0.2) is 4.79 Å². The van der Waals surface area contributed by atoms with Crippen LogP contribution in [0.3, 0.4) is 0 Å². The quantitative estimate of drug-likeness (QED) is 0.744. The fourth-order valence-electron chi connectivity index (χ4n) is 5.19. The van der Waals surface area contributed by atoms with Crippen molar-refractivity contribution in [3.63, 3.8) is 0 Å². The van der Waals surface area contributed by atoms with Gasteiger partial charge in [-0.05, 0) is 30.2 Å². The molecule has 3 aliphatic heterocycles. The topological polar surface area (TPSA) is 82.2 Å². The summed E-state index contributed by atoms with van der Waals surface area (Å²) < 4.78 is 5.55. The van der Waals surface area contributed by atoms with Crippen LogP contribution in [0.5, 0.6) is 5.75 Å². The second-order valence-corrected chi connectivity index (χ2v) is 8.23. The zero-order valence-electron chi connectivity index (χ0n) is 17.5. The predicted molar refractivity (Wildman–Crippen MR) is 115 cm³/mol. The molecule has 1 spiro atoms. The highest BCUT2D eigenvalue weighted by Crippen LogP contribution is 2.46. The fourth-order valence-corrected chi connectivity index (χ4v) is 5.19. The maximum atomic E-state index is 13.5. The predicted octanol–water partition coefficient (Wildman–Crippen LogP) is 1.64. The monoisotopic (exact) mass is 420 g/mol. The van der Waals surface area contributed by atoms with Crippen LogP contribution >= 0.6 is 0 Å². The van der Waals surface area contributed by atoms with Crippen molar-refractivity contribution in [2.75, 3.05) is 43.6 Å². The fraction of sp³-hybridized carbons (Fsp3) is 0.348. The van der Waals surface area contributed by atoms with E-state index in [1.165, 1.54) is 7.05 Å². The van der Waals surface area contributed by atoms with Gasteiger partial charge in [0.1, 0.15) is 5.75 Å². The second kappa shape index (κ2) is 7.01. The number of anilines is 2. The van der Waals surface area contributed by atoms with Gasteiger partial charge in [0.05, 0.1) is 18.8 Å². The molecule has 5 rings (SSSR count). The van der Waals surface area contributed by atoms with Crippen LogP contribution in [0.4, 0.5) is 16.2 Å². The van der Waals surface area contributed by atoms with E-state index in [4.69, 9.17) is 4.74 Å². The molecule has 31 heavy (non-hydrogen) atoms. The van der Waals surface area contributed by atoms with Gasteiger partial charge < -0.3 is 14.5 Å². The number of piperazine rings is 1. The van der Waals surface area contributed by atoms with Crippen molar-refractivity contribution in [1.29, 1.82) is 0 Å². The van der Waals surface area contributed by atoms with Gasteiger partial charge in [0.2, 0.25) is 11.8 Å². The largest absolute Gasteiger partial charge is 0.495 e. The lowest BCUT2D eigenvalue weighted by Gasteiger charge is -2.55. The molecule has 2 atom stereocenters. The Morgan fingerprint density at radius 3 is 2.48 bits per heavy atom. The number of nitrogens with one attached hydrogen (secondary N) is 1. The number of hydrogen-bond acceptors (Lipinski definition) is 6. The first-order valence-electron chi connectivity index (χ1n) is 10.3. The molecule has 2 saturated heterocycles. The zero-order valence-corrected chi connectivity index (χ0v) is 17.5. The average Bonchev–Trinajstić information content (AvgIpc) is 2.81. The average molecular weight is 420 g/mol. The van der Waals surface area contributed by atoms with E-state index < -0.39 is 29.3 Å². The van der Waals surface area contributed by atoms with Crippen molar-refractivity contribution in [3.05, 3.63) is 54.1 Å². The summed E-state index contributed by atoms with van der Waals surface area (Å²) in [5.41, 5.74) is 1.53. The molecule has 0 saturated carbocycles. The number of imide groups is 2. The first kappa shape index (κ1) is 19.4. The lowest BCUT2D eigenvalue weighted by atomic mass is 9.67. The van der Waals surface area contributed by atoms with Crippen molar-refractivity contribution < 1.29 is 19.1 Å². The first-order valence-corrected chi connectivity index (χ1v) is 10.3. The number of fused-ring (bicyclic) bond motifs is 4. The Kier molecular flexibility index (Phi) is 4.39. The van der Waals surface area contributed by atoms with E-state index >= 15 is 0 Å². The summed E-state index contributed by atoms with van der Waals surface area (Å²) in [7, 11) is 3.06. The van der Waals surface area contributed by atoms with Gasteiger partial charge in [0, 0.05) is 32.4 Å². The first-order chi connectivity index (χ1) is 15.0. The van der Waals surface area contributed by atoms with Gasteiger partial charge in [-0.2, -0.15) is 0 Å². The number of amides is 4. The minimum atomic E-state index is -1.38. The zero-order chi connectivity index (χ0) is 21.8. The molecular weight excluding hydrogens is 396 g/mol. The van der Waals surface area contributed by atoms with Crippen LogP contribution in [0.1, 0.15) is 5.56 Å². The standard InChI is InChI=1S/C23H24N4O4/c1-25-21(29)23(20(28)24-22(25)30)13-15-7-3-4-8-16(15)27-12-11-26(14-19(23)27)17-9-5-6-10-18(17)31-2/h3-10,19H,11-14H2,1-2H3,(H,24,28,30)/t19-,23+/m0/s1. The minimum absolute atomic E-state index is 0.256. The Hall–Kier alpha value is -3.55. The van der Waals surface area contributed by atoms with E-state index in [-0.39, 0.29) is 6.42 Å². The summed E-state index contributed by atoms with van der Waals surface area (Å²) in [6.45, 7) is 1.81. The Balaban J connectivity index is 1.63. The number of methoxy groups -OCH3 is 1. The number of carbonyl (C=O) groups excluding carboxylic acids is 3. The molecular formula is C23H24N4O4. The van der Waals surface area contributed by atoms with Crippen molar-refractivity contribution in [2.24, 2.45) is 5.41 Å². The molecule has 8 nitrogen and oxygen atoms in total. The van der Waals surface area contributed by atoms with Crippen LogP contribution in [0.2, 0.25) is 0 Å². The third-order valence-electron chi connectivity index (χ3n) is 6.76. The summed E-state index contributed by atoms with van der Waals surface area (Å²) in [5, 5.41) is 2.42. The van der Waals surface area contributed by atoms with Gasteiger partial charge >= 0.3 is 6.03 Å². The number of para-hydroxylation sites is 3. The van der Waals surface area contributed by atoms with Gasteiger partial charge in [-0.15, -0.1) is 0 Å². The van der Waals surface area contributed by atoms with Crippen LogP contribution in [-0.4, -0.2) is 62.6 Å². The third kappa shape index (κ3) is 2.71. The molecule has 3 aliphatic rings. The Bertz CT molecular complexity index is 1090. The maximum absolute atomic E-state index is 13.5. The molecule has 0 aromatic heterocycles. The van der Waals surface area contributed by atoms with E-state index in [1.54, 1.807) is 7.11 Å². The van der Waals surface area contributed by atoms with Crippen molar-refractivity contribution >= 4 is 29.2 Å². The summed E-state index contributed by atoms with van der Waals surface area (Å²) in [6.07, 6.45) is 0.256. The Labute approximate surface area is 180 Å². The highest BCUT2D eigenvalue weighted by molar-refractivity contribution is 6.20.